The molecular formula is C19H19N3O3S2. The van der Waals surface area contributed by atoms with Crippen molar-refractivity contribution in [3.8, 4) is 11.5 Å². The molecule has 0 fully saturated rings. The van der Waals surface area contributed by atoms with Gasteiger partial charge in [0.15, 0.2) is 16.6 Å². The standard InChI is InChI=1S/C19H19N3O3S2/c1-2-20-19(26)22(10-14-4-3-5-27-14)9-13-6-12-7-16-17(25-11-24-16)8-15(12)21-18(13)23/h3-8H,2,9-11H2,1H3,(H,20,26)(H,21,23). The molecule has 0 radical (unpaired) electrons. The molecule has 1 aromatic carbocycles. The van der Waals surface area contributed by atoms with Crippen LogP contribution >= 0.6 is 23.6 Å². The fourth-order valence-electron chi connectivity index (χ4n) is 3.02. The molecule has 0 atom stereocenters. The Labute approximate surface area is 165 Å². The molecule has 0 amide bonds. The van der Waals surface area contributed by atoms with Gasteiger partial charge in [0.25, 0.3) is 5.56 Å². The molecule has 0 bridgehead atoms. The van der Waals surface area contributed by atoms with Gasteiger partial charge >= 0.3 is 0 Å². The van der Waals surface area contributed by atoms with E-state index in [0.717, 1.165) is 17.4 Å². The lowest BCUT2D eigenvalue weighted by Gasteiger charge is -2.25. The van der Waals surface area contributed by atoms with E-state index < -0.39 is 0 Å². The molecule has 0 saturated carbocycles. The van der Waals surface area contributed by atoms with Crippen LogP contribution < -0.4 is 20.3 Å². The zero-order valence-electron chi connectivity index (χ0n) is 14.8. The van der Waals surface area contributed by atoms with Crippen molar-refractivity contribution in [3.05, 3.63) is 56.5 Å². The number of hydrogen-bond acceptors (Lipinski definition) is 5. The third-order valence-electron chi connectivity index (χ3n) is 4.32. The van der Waals surface area contributed by atoms with Gasteiger partial charge in [0.2, 0.25) is 6.79 Å². The van der Waals surface area contributed by atoms with Gasteiger partial charge in [0.1, 0.15) is 0 Å². The fraction of sp³-hybridized carbons (Fsp3) is 0.263. The van der Waals surface area contributed by atoms with Crippen molar-refractivity contribution >= 4 is 39.6 Å². The Morgan fingerprint density at radius 3 is 2.85 bits per heavy atom. The Morgan fingerprint density at radius 1 is 1.30 bits per heavy atom. The molecule has 2 N–H and O–H groups in total. The van der Waals surface area contributed by atoms with Crippen LogP contribution in [0.15, 0.2) is 40.5 Å². The van der Waals surface area contributed by atoms with Gasteiger partial charge in [-0.1, -0.05) is 6.07 Å². The summed E-state index contributed by atoms with van der Waals surface area (Å²) < 4.78 is 10.8. The first-order valence-corrected chi connectivity index (χ1v) is 9.93. The quantitative estimate of drug-likeness (QED) is 0.640. The lowest BCUT2D eigenvalue weighted by molar-refractivity contribution is 0.174. The molecule has 140 valence electrons. The van der Waals surface area contributed by atoms with Crippen LogP contribution in [0.25, 0.3) is 10.9 Å². The summed E-state index contributed by atoms with van der Waals surface area (Å²) in [4.78, 5) is 18.8. The smallest absolute Gasteiger partial charge is 0.253 e. The lowest BCUT2D eigenvalue weighted by atomic mass is 10.1. The van der Waals surface area contributed by atoms with Crippen LogP contribution in [-0.4, -0.2) is 28.3 Å². The first-order valence-electron chi connectivity index (χ1n) is 8.64. The third kappa shape index (κ3) is 3.77. The molecule has 3 heterocycles. The van der Waals surface area contributed by atoms with Crippen LogP contribution in [0.5, 0.6) is 11.5 Å². The average molecular weight is 402 g/mol. The van der Waals surface area contributed by atoms with E-state index >= 15 is 0 Å². The highest BCUT2D eigenvalue weighted by Gasteiger charge is 2.17. The van der Waals surface area contributed by atoms with Crippen molar-refractivity contribution < 1.29 is 9.47 Å². The number of rotatable bonds is 5. The van der Waals surface area contributed by atoms with E-state index in [1.165, 1.54) is 4.88 Å². The molecular weight excluding hydrogens is 382 g/mol. The number of fused-ring (bicyclic) bond motifs is 2. The molecule has 8 heteroatoms. The molecule has 0 spiro atoms. The molecule has 6 nitrogen and oxygen atoms in total. The zero-order valence-corrected chi connectivity index (χ0v) is 16.4. The van der Waals surface area contributed by atoms with Crippen LogP contribution in [-0.2, 0) is 13.1 Å². The van der Waals surface area contributed by atoms with Crippen molar-refractivity contribution in [3.63, 3.8) is 0 Å². The maximum Gasteiger partial charge on any atom is 0.253 e. The average Bonchev–Trinajstić information content (AvgIpc) is 3.31. The maximum absolute atomic E-state index is 12.6. The van der Waals surface area contributed by atoms with Crippen LogP contribution in [0.1, 0.15) is 17.4 Å². The van der Waals surface area contributed by atoms with E-state index in [9.17, 15) is 4.79 Å². The van der Waals surface area contributed by atoms with Crippen molar-refractivity contribution in [2.45, 2.75) is 20.0 Å². The monoisotopic (exact) mass is 401 g/mol. The third-order valence-corrected chi connectivity index (χ3v) is 5.58. The first kappa shape index (κ1) is 17.8. The van der Waals surface area contributed by atoms with Crippen molar-refractivity contribution in [2.75, 3.05) is 13.3 Å². The molecule has 27 heavy (non-hydrogen) atoms. The molecule has 0 unspecified atom stereocenters. The summed E-state index contributed by atoms with van der Waals surface area (Å²) in [6, 6.07) is 9.67. The summed E-state index contributed by atoms with van der Waals surface area (Å²) in [6.07, 6.45) is 0. The van der Waals surface area contributed by atoms with E-state index in [2.05, 4.69) is 16.4 Å². The first-order chi connectivity index (χ1) is 13.1. The van der Waals surface area contributed by atoms with Crippen molar-refractivity contribution in [2.24, 2.45) is 0 Å². The number of nitrogens with zero attached hydrogens (tertiary/aromatic N) is 1. The zero-order chi connectivity index (χ0) is 18.8. The lowest BCUT2D eigenvalue weighted by Crippen LogP contribution is -2.39. The van der Waals surface area contributed by atoms with Crippen LogP contribution in [0.2, 0.25) is 0 Å². The highest BCUT2D eigenvalue weighted by molar-refractivity contribution is 7.80. The molecule has 3 aromatic rings. The van der Waals surface area contributed by atoms with Gasteiger partial charge in [0, 0.05) is 28.4 Å². The molecule has 1 aliphatic rings. The fourth-order valence-corrected chi connectivity index (χ4v) is 4.01. The van der Waals surface area contributed by atoms with E-state index in [1.807, 2.05) is 35.4 Å². The summed E-state index contributed by atoms with van der Waals surface area (Å²) in [5.41, 5.74) is 1.25. The van der Waals surface area contributed by atoms with Gasteiger partial charge in [-0.2, -0.15) is 0 Å². The van der Waals surface area contributed by atoms with E-state index in [-0.39, 0.29) is 12.4 Å². The molecule has 0 aliphatic carbocycles. The molecule has 0 saturated heterocycles. The SMILES string of the molecule is CCNC(=S)N(Cc1cccs1)Cc1cc2cc3c(cc2[nH]c1=O)OCO3. The number of thiocarbonyl (C=S) groups is 1. The molecule has 2 aromatic heterocycles. The molecule has 4 rings (SSSR count). The minimum absolute atomic E-state index is 0.128. The number of thiophene rings is 1. The van der Waals surface area contributed by atoms with Gasteiger partial charge in [-0.05, 0) is 42.7 Å². The number of nitrogens with one attached hydrogen (secondary N) is 2. The van der Waals surface area contributed by atoms with Gasteiger partial charge < -0.3 is 24.7 Å². The predicted octanol–water partition coefficient (Wildman–Crippen LogP) is 3.21. The number of H-pyrrole nitrogens is 1. The van der Waals surface area contributed by atoms with Gasteiger partial charge in [-0.25, -0.2) is 0 Å². The highest BCUT2D eigenvalue weighted by Crippen LogP contribution is 2.35. The van der Waals surface area contributed by atoms with Crippen LogP contribution in [0, 0.1) is 0 Å². The summed E-state index contributed by atoms with van der Waals surface area (Å²) in [5.74, 6) is 1.35. The van der Waals surface area contributed by atoms with Gasteiger partial charge in [-0.15, -0.1) is 11.3 Å². The number of hydrogen-bond donors (Lipinski definition) is 2. The van der Waals surface area contributed by atoms with Crippen LogP contribution in [0.3, 0.4) is 0 Å². The Balaban J connectivity index is 1.66. The minimum Gasteiger partial charge on any atom is -0.454 e. The van der Waals surface area contributed by atoms with E-state index in [4.69, 9.17) is 21.7 Å². The Morgan fingerprint density at radius 2 is 2.11 bits per heavy atom. The largest absolute Gasteiger partial charge is 0.454 e. The number of ether oxygens (including phenoxy) is 2. The maximum atomic E-state index is 12.6. The summed E-state index contributed by atoms with van der Waals surface area (Å²) in [5, 5.41) is 6.76. The Kier molecular flexibility index (Phi) is 5.00. The minimum atomic E-state index is -0.128. The highest BCUT2D eigenvalue weighted by atomic mass is 32.1. The topological polar surface area (TPSA) is 66.6 Å². The predicted molar refractivity (Wildman–Crippen MR) is 111 cm³/mol. The van der Waals surface area contributed by atoms with Gasteiger partial charge in [-0.3, -0.25) is 4.79 Å². The Hall–Kier alpha value is -2.58. The summed E-state index contributed by atoms with van der Waals surface area (Å²) >= 11 is 7.19. The summed E-state index contributed by atoms with van der Waals surface area (Å²) in [6.45, 7) is 4.01. The second-order valence-corrected chi connectivity index (χ2v) is 7.61. The van der Waals surface area contributed by atoms with E-state index in [1.54, 1.807) is 17.4 Å². The number of aromatic amines is 1. The Bertz CT molecular complexity index is 1030. The second-order valence-electron chi connectivity index (χ2n) is 6.19. The molecule has 1 aliphatic heterocycles. The van der Waals surface area contributed by atoms with E-state index in [0.29, 0.717) is 35.3 Å². The second kappa shape index (κ2) is 7.58. The number of benzene rings is 1. The normalized spacial score (nSPS) is 12.3. The van der Waals surface area contributed by atoms with Crippen molar-refractivity contribution in [1.29, 1.82) is 0 Å². The van der Waals surface area contributed by atoms with Crippen molar-refractivity contribution in [1.82, 2.24) is 15.2 Å². The number of aromatic nitrogens is 1. The summed E-state index contributed by atoms with van der Waals surface area (Å²) in [7, 11) is 0. The number of pyridine rings is 1. The van der Waals surface area contributed by atoms with Crippen LogP contribution in [0.4, 0.5) is 0 Å². The van der Waals surface area contributed by atoms with Gasteiger partial charge in [0.05, 0.1) is 18.6 Å².